The molecule has 4 N–H and O–H groups in total. The molecule has 0 radical (unpaired) electrons. The third kappa shape index (κ3) is 5.67. The van der Waals surface area contributed by atoms with Gasteiger partial charge in [-0.05, 0) is 0 Å². The van der Waals surface area contributed by atoms with Crippen molar-refractivity contribution in [1.29, 1.82) is 0 Å². The van der Waals surface area contributed by atoms with Gasteiger partial charge in [0, 0.05) is 36.6 Å². The fourth-order valence-corrected chi connectivity index (χ4v) is 5.45. The first kappa shape index (κ1) is 27.9. The van der Waals surface area contributed by atoms with Crippen molar-refractivity contribution in [2.45, 2.75) is 30.9 Å². The van der Waals surface area contributed by atoms with Crippen LogP contribution in [0.1, 0.15) is 19.0 Å². The van der Waals surface area contributed by atoms with Gasteiger partial charge in [0.15, 0.2) is 10.8 Å². The van der Waals surface area contributed by atoms with Crippen LogP contribution >= 0.6 is 23.1 Å². The normalized spacial score (nSPS) is 23.2. The number of carbonyl (C=O) groups excluding carboxylic acids is 5. The molecule has 0 saturated carbocycles. The second-order valence-corrected chi connectivity index (χ2v) is 9.56. The second kappa shape index (κ2) is 11.6. The number of thiazole rings is 1. The van der Waals surface area contributed by atoms with Crippen molar-refractivity contribution >= 4 is 63.6 Å². The second-order valence-electron chi connectivity index (χ2n) is 7.57. The molecule has 1 aromatic heterocycles. The Bertz CT molecular complexity index is 1170. The molecule has 4 heterocycles. The molecule has 186 valence electrons. The summed E-state index contributed by atoms with van der Waals surface area (Å²) >= 11 is 2.24. The molecule has 3 aliphatic heterocycles. The van der Waals surface area contributed by atoms with E-state index < -0.39 is 41.3 Å². The number of carboxylic acid groups (broad SMARTS) is 1. The number of nitrogens with zero attached hydrogens (tertiary/aromatic N) is 3. The average molecular weight is 547 g/mol. The van der Waals surface area contributed by atoms with Crippen LogP contribution in [0.4, 0.5) is 5.13 Å². The number of fused-ring (bicyclic) bond motifs is 1. The minimum Gasteiger partial charge on any atom is -0.543 e. The van der Waals surface area contributed by atoms with E-state index in [4.69, 9.17) is 15.3 Å². The van der Waals surface area contributed by atoms with E-state index in [0.717, 1.165) is 16.2 Å². The number of thioether (sulfide) groups is 1. The Hall–Kier alpha value is -2.66. The maximum atomic E-state index is 13.0. The van der Waals surface area contributed by atoms with E-state index >= 15 is 0 Å². The van der Waals surface area contributed by atoms with E-state index in [2.05, 4.69) is 20.8 Å². The van der Waals surface area contributed by atoms with Gasteiger partial charge in [0.05, 0.1) is 11.7 Å². The van der Waals surface area contributed by atoms with Crippen molar-refractivity contribution in [3.8, 4) is 0 Å². The SMILES string of the molecule is CC(=O)OCC1=C(C(=O)[O-])N2C(=O)[C@@H](NC(=O)/C(=N\O[C@H]3CCNC3=O)c3csc(N)n3)[C@@H]2SC1.[Na+]. The fraction of sp³-hybridized carbons (Fsp3) is 0.421. The Morgan fingerprint density at radius 1 is 1.39 bits per heavy atom. The van der Waals surface area contributed by atoms with Crippen LogP contribution in [0.5, 0.6) is 0 Å². The van der Waals surface area contributed by atoms with Crippen molar-refractivity contribution in [1.82, 2.24) is 20.5 Å². The summed E-state index contributed by atoms with van der Waals surface area (Å²) in [6.45, 7) is 1.28. The van der Waals surface area contributed by atoms with Gasteiger partial charge in [0.2, 0.25) is 6.10 Å². The fourth-order valence-electron chi connectivity index (χ4n) is 3.57. The maximum Gasteiger partial charge on any atom is 1.00 e. The standard InChI is InChI=1S/C19H20N6O8S2.Na/c1-7(26)32-4-8-5-34-17-12(16(29)25(17)13(8)18(30)31)23-15(28)11(9-6-35-19(20)22-9)24-33-10-2-3-21-14(10)27;/h6,10,12,17H,2-5H2,1H3,(H2,20,22)(H,21,27)(H,23,28)(H,30,31);/q;+1/p-1/b24-11-;/t10-,12+,17-;/m0./s1. The first-order valence-corrected chi connectivity index (χ1v) is 12.2. The van der Waals surface area contributed by atoms with E-state index in [1.54, 1.807) is 0 Å². The molecule has 17 heteroatoms. The van der Waals surface area contributed by atoms with Crippen LogP contribution in [-0.4, -0.2) is 81.7 Å². The van der Waals surface area contributed by atoms with Crippen LogP contribution in [0.15, 0.2) is 21.8 Å². The van der Waals surface area contributed by atoms with Crippen molar-refractivity contribution in [3.63, 3.8) is 0 Å². The molecule has 4 rings (SSSR count). The zero-order valence-electron chi connectivity index (χ0n) is 19.1. The zero-order valence-corrected chi connectivity index (χ0v) is 22.8. The van der Waals surface area contributed by atoms with E-state index in [-0.39, 0.29) is 75.6 Å². The van der Waals surface area contributed by atoms with E-state index in [1.807, 2.05) is 0 Å². The van der Waals surface area contributed by atoms with Crippen LogP contribution in [0.25, 0.3) is 0 Å². The van der Waals surface area contributed by atoms with Crippen LogP contribution in [0.3, 0.4) is 0 Å². The first-order valence-electron chi connectivity index (χ1n) is 10.2. The number of esters is 1. The number of aromatic nitrogens is 1. The molecule has 3 aliphatic rings. The molecule has 36 heavy (non-hydrogen) atoms. The minimum atomic E-state index is -1.60. The predicted molar refractivity (Wildman–Crippen MR) is 119 cm³/mol. The van der Waals surface area contributed by atoms with Gasteiger partial charge in [-0.1, -0.05) is 5.16 Å². The van der Waals surface area contributed by atoms with Gasteiger partial charge in [0.1, 0.15) is 23.7 Å². The number of amides is 3. The Balaban J connectivity index is 0.00000361. The number of hydrogen-bond acceptors (Lipinski definition) is 13. The van der Waals surface area contributed by atoms with Gasteiger partial charge in [-0.15, -0.1) is 23.1 Å². The number of oxime groups is 1. The number of nitrogens with one attached hydrogen (secondary N) is 2. The number of carbonyl (C=O) groups is 5. The Labute approximate surface area is 234 Å². The number of anilines is 1. The zero-order chi connectivity index (χ0) is 25.3. The summed E-state index contributed by atoms with van der Waals surface area (Å²) in [6, 6.07) is -1.08. The van der Waals surface area contributed by atoms with Gasteiger partial charge < -0.3 is 35.8 Å². The Morgan fingerprint density at radius 2 is 2.14 bits per heavy atom. The van der Waals surface area contributed by atoms with Gasteiger partial charge in [0.25, 0.3) is 17.7 Å². The first-order chi connectivity index (χ1) is 16.7. The quantitative estimate of drug-likeness (QED) is 0.0921. The van der Waals surface area contributed by atoms with E-state index in [1.165, 1.54) is 24.1 Å². The molecule has 0 aromatic carbocycles. The molecule has 3 atom stereocenters. The molecule has 14 nitrogen and oxygen atoms in total. The molecule has 1 aromatic rings. The third-order valence-corrected chi connectivity index (χ3v) is 7.24. The third-order valence-electron chi connectivity index (χ3n) is 5.23. The average Bonchev–Trinajstić information content (AvgIpc) is 3.43. The number of carboxylic acids is 1. The van der Waals surface area contributed by atoms with Crippen LogP contribution < -0.4 is 51.0 Å². The van der Waals surface area contributed by atoms with Crippen LogP contribution in [-0.2, 0) is 33.5 Å². The maximum absolute atomic E-state index is 13.0. The van der Waals surface area contributed by atoms with Crippen LogP contribution in [0, 0.1) is 0 Å². The summed E-state index contributed by atoms with van der Waals surface area (Å²) in [6.07, 6.45) is -0.519. The summed E-state index contributed by atoms with van der Waals surface area (Å²) in [7, 11) is 0. The number of hydrogen-bond donors (Lipinski definition) is 3. The molecule has 2 fully saturated rings. The number of β-lactam (4-membered cyclic amide) rings is 1. The topological polar surface area (TPSA) is 205 Å². The largest absolute Gasteiger partial charge is 1.00 e. The summed E-state index contributed by atoms with van der Waals surface area (Å²) < 4.78 is 4.87. The predicted octanol–water partition coefficient (Wildman–Crippen LogP) is -5.69. The smallest absolute Gasteiger partial charge is 0.543 e. The monoisotopic (exact) mass is 546 g/mol. The van der Waals surface area contributed by atoms with Gasteiger partial charge >= 0.3 is 35.5 Å². The molecule has 3 amide bonds. The molecule has 0 spiro atoms. The molecule has 2 saturated heterocycles. The number of ether oxygens (including phenoxy) is 1. The van der Waals surface area contributed by atoms with Crippen molar-refractivity contribution in [3.05, 3.63) is 22.3 Å². The number of nitrogens with two attached hydrogens (primary N) is 1. The van der Waals surface area contributed by atoms with Crippen molar-refractivity contribution < 1.29 is 68.2 Å². The number of aliphatic carboxylic acids is 1. The Kier molecular flexibility index (Phi) is 8.99. The van der Waals surface area contributed by atoms with E-state index in [0.29, 0.717) is 13.0 Å². The van der Waals surface area contributed by atoms with Gasteiger partial charge in [-0.3, -0.25) is 24.1 Å². The molecule has 0 aliphatic carbocycles. The van der Waals surface area contributed by atoms with E-state index in [9.17, 15) is 29.1 Å². The number of rotatable bonds is 8. The summed E-state index contributed by atoms with van der Waals surface area (Å²) in [5.41, 5.74) is 5.27. The molecule has 0 bridgehead atoms. The summed E-state index contributed by atoms with van der Waals surface area (Å²) in [5, 5.41) is 21.5. The van der Waals surface area contributed by atoms with Gasteiger partial charge in [-0.25, -0.2) is 4.98 Å². The minimum absolute atomic E-state index is 0. The summed E-state index contributed by atoms with van der Waals surface area (Å²) in [5.74, 6) is -3.95. The van der Waals surface area contributed by atoms with Gasteiger partial charge in [-0.2, -0.15) is 0 Å². The molecular weight excluding hydrogens is 527 g/mol. The van der Waals surface area contributed by atoms with Crippen molar-refractivity contribution in [2.24, 2.45) is 5.16 Å². The molecule has 0 unspecified atom stereocenters. The summed E-state index contributed by atoms with van der Waals surface area (Å²) in [4.78, 5) is 70.7. The van der Waals surface area contributed by atoms with Crippen LogP contribution in [0.2, 0.25) is 0 Å². The molecular formula is C19H19N6NaO8S2. The van der Waals surface area contributed by atoms with Crippen molar-refractivity contribution in [2.75, 3.05) is 24.6 Å². The number of nitrogen functional groups attached to an aromatic ring is 1. The Morgan fingerprint density at radius 3 is 2.72 bits per heavy atom.